The Hall–Kier alpha value is -3.10. The van der Waals surface area contributed by atoms with Crippen LogP contribution in [-0.4, -0.2) is 37.7 Å². The molecule has 2 unspecified atom stereocenters. The van der Waals surface area contributed by atoms with Gasteiger partial charge in [-0.2, -0.15) is 4.98 Å². The van der Waals surface area contributed by atoms with Gasteiger partial charge in [0.05, 0.1) is 15.8 Å². The lowest BCUT2D eigenvalue weighted by Crippen LogP contribution is -2.18. The van der Waals surface area contributed by atoms with Crippen LogP contribution in [-0.2, 0) is 0 Å². The predicted octanol–water partition coefficient (Wildman–Crippen LogP) is 5.08. The molecule has 164 valence electrons. The summed E-state index contributed by atoms with van der Waals surface area (Å²) in [6, 6.07) is 12.4. The lowest BCUT2D eigenvalue weighted by atomic mass is 10.1. The first-order valence-electron chi connectivity index (χ1n) is 10.9. The maximum absolute atomic E-state index is 9.54. The van der Waals surface area contributed by atoms with Crippen LogP contribution in [0, 0.1) is 19.8 Å². The summed E-state index contributed by atoms with van der Waals surface area (Å²) in [5.41, 5.74) is 4.67. The Morgan fingerprint density at radius 1 is 1.06 bits per heavy atom. The molecule has 4 aromatic rings. The minimum atomic E-state index is 0.236. The Morgan fingerprint density at radius 3 is 2.62 bits per heavy atom. The van der Waals surface area contributed by atoms with E-state index in [1.165, 1.54) is 0 Å². The van der Waals surface area contributed by atoms with Gasteiger partial charge in [0.2, 0.25) is 5.95 Å². The van der Waals surface area contributed by atoms with Gasteiger partial charge in [-0.3, -0.25) is 4.98 Å². The van der Waals surface area contributed by atoms with E-state index in [9.17, 15) is 5.11 Å². The van der Waals surface area contributed by atoms with E-state index >= 15 is 0 Å². The fraction of sp³-hybridized carbons (Fsp3) is 0.333. The Kier molecular flexibility index (Phi) is 5.71. The highest BCUT2D eigenvalue weighted by atomic mass is 32.1. The number of para-hydroxylation sites is 1. The number of benzene rings is 1. The zero-order valence-electron chi connectivity index (χ0n) is 18.2. The molecule has 2 atom stereocenters. The number of rotatable bonds is 6. The minimum Gasteiger partial charge on any atom is -0.396 e. The average molecular weight is 447 g/mol. The van der Waals surface area contributed by atoms with E-state index in [-0.39, 0.29) is 12.6 Å². The van der Waals surface area contributed by atoms with E-state index in [0.717, 1.165) is 62.9 Å². The molecule has 0 spiro atoms. The average Bonchev–Trinajstić information content (AvgIpc) is 3.40. The highest BCUT2D eigenvalue weighted by molar-refractivity contribution is 7.21. The smallest absolute Gasteiger partial charge is 0.229 e. The number of aromatic nitrogens is 4. The molecule has 8 heteroatoms. The number of nitrogens with one attached hydrogen (secondary N) is 2. The monoisotopic (exact) mass is 446 g/mol. The van der Waals surface area contributed by atoms with Crippen LogP contribution in [0.4, 0.5) is 17.5 Å². The summed E-state index contributed by atoms with van der Waals surface area (Å²) in [7, 11) is 0. The lowest BCUT2D eigenvalue weighted by molar-refractivity contribution is 0.229. The van der Waals surface area contributed by atoms with Gasteiger partial charge in [0.25, 0.3) is 0 Å². The van der Waals surface area contributed by atoms with E-state index in [2.05, 4.69) is 26.7 Å². The summed E-state index contributed by atoms with van der Waals surface area (Å²) < 4.78 is 1.14. The van der Waals surface area contributed by atoms with E-state index < -0.39 is 0 Å². The van der Waals surface area contributed by atoms with Gasteiger partial charge in [0, 0.05) is 35.9 Å². The van der Waals surface area contributed by atoms with E-state index in [0.29, 0.717) is 11.9 Å². The van der Waals surface area contributed by atoms with Gasteiger partial charge in [-0.1, -0.05) is 12.1 Å². The number of nitrogens with zero attached hydrogens (tertiary/aromatic N) is 4. The van der Waals surface area contributed by atoms with Crippen molar-refractivity contribution in [3.05, 3.63) is 54.0 Å². The molecule has 0 aliphatic heterocycles. The third kappa shape index (κ3) is 4.42. The number of aryl methyl sites for hydroxylation is 2. The van der Waals surface area contributed by atoms with Gasteiger partial charge < -0.3 is 15.7 Å². The second-order valence-corrected chi connectivity index (χ2v) is 9.44. The summed E-state index contributed by atoms with van der Waals surface area (Å²) >= 11 is 1.64. The van der Waals surface area contributed by atoms with Crippen LogP contribution >= 0.6 is 11.3 Å². The Balaban J connectivity index is 1.50. The summed E-state index contributed by atoms with van der Waals surface area (Å²) in [6.07, 6.45) is 4.82. The first kappa shape index (κ1) is 20.8. The van der Waals surface area contributed by atoms with E-state index in [4.69, 9.17) is 9.97 Å². The molecular weight excluding hydrogens is 420 g/mol. The van der Waals surface area contributed by atoms with Crippen molar-refractivity contribution in [2.24, 2.45) is 5.92 Å². The largest absolute Gasteiger partial charge is 0.396 e. The van der Waals surface area contributed by atoms with Crippen LogP contribution in [0.3, 0.4) is 0 Å². The number of thiazole rings is 1. The first-order chi connectivity index (χ1) is 15.6. The molecule has 0 bridgehead atoms. The van der Waals surface area contributed by atoms with Crippen LogP contribution in [0.2, 0.25) is 0 Å². The highest BCUT2D eigenvalue weighted by Crippen LogP contribution is 2.36. The molecule has 7 nitrogen and oxygen atoms in total. The predicted molar refractivity (Wildman–Crippen MR) is 129 cm³/mol. The maximum Gasteiger partial charge on any atom is 0.229 e. The van der Waals surface area contributed by atoms with Gasteiger partial charge in [-0.05, 0) is 63.3 Å². The lowest BCUT2D eigenvalue weighted by Gasteiger charge is -2.17. The number of pyridine rings is 1. The van der Waals surface area contributed by atoms with Gasteiger partial charge in [-0.25, -0.2) is 9.97 Å². The van der Waals surface area contributed by atoms with Crippen molar-refractivity contribution >= 4 is 39.0 Å². The maximum atomic E-state index is 9.54. The van der Waals surface area contributed by atoms with Gasteiger partial charge in [-0.15, -0.1) is 11.3 Å². The quantitative estimate of drug-likeness (QED) is 0.380. The normalized spacial score (nSPS) is 18.2. The van der Waals surface area contributed by atoms with Crippen molar-refractivity contribution in [1.29, 1.82) is 0 Å². The number of hydrogen-bond acceptors (Lipinski definition) is 8. The van der Waals surface area contributed by atoms with Crippen LogP contribution in [0.1, 0.15) is 30.7 Å². The molecule has 0 saturated heterocycles. The fourth-order valence-corrected chi connectivity index (χ4v) is 5.27. The van der Waals surface area contributed by atoms with Crippen LogP contribution in [0.25, 0.3) is 20.8 Å². The van der Waals surface area contributed by atoms with Crippen molar-refractivity contribution < 1.29 is 5.11 Å². The van der Waals surface area contributed by atoms with Crippen LogP contribution in [0.5, 0.6) is 0 Å². The van der Waals surface area contributed by atoms with Crippen LogP contribution < -0.4 is 10.6 Å². The standard InChI is InChI=1S/C24H26N6OS/c1-14-9-18(10-15(2)26-14)28-24-25-12-19(23-29-20-5-3-4-6-21(20)32-23)22(30-24)27-17-8-7-16(11-17)13-31/h3-6,9-10,12,16-17,31H,7-8,11,13H2,1-2H3,(H2,25,26,27,28,30). The Bertz CT molecular complexity index is 1200. The first-order valence-corrected chi connectivity index (χ1v) is 11.7. The SMILES string of the molecule is Cc1cc(Nc2ncc(-c3nc4ccccc4s3)c(NC3CCC(CO)C3)n2)cc(C)n1. The second kappa shape index (κ2) is 8.80. The molecule has 1 aliphatic carbocycles. The number of aliphatic hydroxyl groups excluding tert-OH is 1. The topological polar surface area (TPSA) is 95.9 Å². The Morgan fingerprint density at radius 2 is 1.88 bits per heavy atom. The van der Waals surface area contributed by atoms with E-state index in [1.807, 2.05) is 50.4 Å². The van der Waals surface area contributed by atoms with Gasteiger partial charge in [0.15, 0.2) is 0 Å². The van der Waals surface area contributed by atoms with Crippen molar-refractivity contribution in [1.82, 2.24) is 19.9 Å². The highest BCUT2D eigenvalue weighted by Gasteiger charge is 2.26. The molecule has 0 radical (unpaired) electrons. The van der Waals surface area contributed by atoms with E-state index in [1.54, 1.807) is 11.3 Å². The zero-order chi connectivity index (χ0) is 22.1. The molecule has 1 fully saturated rings. The summed E-state index contributed by atoms with van der Waals surface area (Å²) in [6.45, 7) is 4.18. The fourth-order valence-electron chi connectivity index (χ4n) is 4.30. The molecule has 3 N–H and O–H groups in total. The van der Waals surface area contributed by atoms with Crippen molar-refractivity contribution in [2.45, 2.75) is 39.2 Å². The zero-order valence-corrected chi connectivity index (χ0v) is 19.0. The summed E-state index contributed by atoms with van der Waals surface area (Å²) in [5.74, 6) is 1.65. The molecule has 32 heavy (non-hydrogen) atoms. The molecule has 3 heterocycles. The number of aliphatic hydroxyl groups is 1. The molecular formula is C24H26N6OS. The molecule has 0 amide bonds. The summed E-state index contributed by atoms with van der Waals surface area (Å²) in [5, 5.41) is 17.4. The second-order valence-electron chi connectivity index (χ2n) is 8.41. The molecule has 5 rings (SSSR count). The minimum absolute atomic E-state index is 0.236. The third-order valence-corrected chi connectivity index (χ3v) is 6.86. The number of anilines is 3. The van der Waals surface area contributed by atoms with Crippen molar-refractivity contribution in [3.63, 3.8) is 0 Å². The molecule has 3 aromatic heterocycles. The molecule has 1 aliphatic rings. The van der Waals surface area contributed by atoms with Gasteiger partial charge >= 0.3 is 0 Å². The molecule has 1 aromatic carbocycles. The number of hydrogen-bond donors (Lipinski definition) is 3. The van der Waals surface area contributed by atoms with Crippen molar-refractivity contribution in [2.75, 3.05) is 17.2 Å². The third-order valence-electron chi connectivity index (χ3n) is 5.79. The van der Waals surface area contributed by atoms with Gasteiger partial charge in [0.1, 0.15) is 10.8 Å². The van der Waals surface area contributed by atoms with Crippen molar-refractivity contribution in [3.8, 4) is 10.6 Å². The number of fused-ring (bicyclic) bond motifs is 1. The van der Waals surface area contributed by atoms with Crippen LogP contribution in [0.15, 0.2) is 42.6 Å². The Labute approximate surface area is 191 Å². The summed E-state index contributed by atoms with van der Waals surface area (Å²) in [4.78, 5) is 18.7. The molecule has 1 saturated carbocycles.